The molecule has 0 fully saturated rings. The fourth-order valence-electron chi connectivity index (χ4n) is 1.75. The van der Waals surface area contributed by atoms with Crippen LogP contribution in [-0.4, -0.2) is 43.0 Å². The number of alkyl carbamates (subject to hydrolysis) is 2. The molecule has 0 radical (unpaired) electrons. The molecule has 2 amide bonds. The van der Waals surface area contributed by atoms with Gasteiger partial charge in [0.25, 0.3) is 0 Å². The van der Waals surface area contributed by atoms with Crippen molar-refractivity contribution in [2.24, 2.45) is 0 Å². The summed E-state index contributed by atoms with van der Waals surface area (Å²) in [7, 11) is 0. The molecule has 0 unspecified atom stereocenters. The number of nitrogens with one attached hydrogen (secondary N) is 2. The number of ether oxygens (including phenoxy) is 3. The molecule has 0 aliphatic carbocycles. The normalized spacial score (nSPS) is 11.8. The van der Waals surface area contributed by atoms with Crippen LogP contribution in [0.5, 0.6) is 0 Å². The highest BCUT2D eigenvalue weighted by atomic mass is 16.6. The van der Waals surface area contributed by atoms with Crippen LogP contribution in [0.15, 0.2) is 30.3 Å². The molecule has 26 heavy (non-hydrogen) atoms. The van der Waals surface area contributed by atoms with Crippen molar-refractivity contribution in [2.75, 3.05) is 13.2 Å². The minimum absolute atomic E-state index is 0.0421. The van der Waals surface area contributed by atoms with Crippen molar-refractivity contribution in [1.82, 2.24) is 10.6 Å². The van der Waals surface area contributed by atoms with Crippen LogP contribution in [-0.2, 0) is 25.6 Å². The van der Waals surface area contributed by atoms with E-state index in [-0.39, 0.29) is 19.8 Å². The zero-order chi connectivity index (χ0) is 19.6. The number of hydrogen-bond donors (Lipinski definition) is 2. The first-order chi connectivity index (χ1) is 12.2. The van der Waals surface area contributed by atoms with E-state index in [4.69, 9.17) is 14.2 Å². The monoisotopic (exact) mass is 366 g/mol. The summed E-state index contributed by atoms with van der Waals surface area (Å²) in [5.41, 5.74) is 0.216. The number of carbonyl (C=O) groups is 3. The predicted octanol–water partition coefficient (Wildman–Crippen LogP) is 2.37. The molecule has 0 bridgehead atoms. The molecule has 1 atom stereocenters. The van der Waals surface area contributed by atoms with Crippen LogP contribution >= 0.6 is 0 Å². The molecule has 0 spiro atoms. The van der Waals surface area contributed by atoms with E-state index in [0.29, 0.717) is 0 Å². The lowest BCUT2D eigenvalue weighted by atomic mass is 10.2. The van der Waals surface area contributed by atoms with Gasteiger partial charge in [-0.2, -0.15) is 0 Å². The molecule has 0 aromatic heterocycles. The maximum absolute atomic E-state index is 11.8. The van der Waals surface area contributed by atoms with E-state index >= 15 is 0 Å². The summed E-state index contributed by atoms with van der Waals surface area (Å²) in [6.45, 7) is 6.85. The molecule has 0 heterocycles. The average Bonchev–Trinajstić information content (AvgIpc) is 2.55. The van der Waals surface area contributed by atoms with Gasteiger partial charge in [0, 0.05) is 0 Å². The maximum Gasteiger partial charge on any atom is 0.408 e. The smallest absolute Gasteiger partial charge is 0.408 e. The Bertz CT molecular complexity index is 597. The molecule has 0 saturated heterocycles. The molecule has 2 N–H and O–H groups in total. The van der Waals surface area contributed by atoms with Crippen LogP contribution in [0.3, 0.4) is 0 Å². The summed E-state index contributed by atoms with van der Waals surface area (Å²) >= 11 is 0. The number of hydrogen-bond acceptors (Lipinski definition) is 6. The molecule has 0 aliphatic rings. The standard InChI is InChI=1S/C18H26N2O6/c1-13(20-17(23)26-18(2,3)4)15(21)24-11-10-19-16(22)25-12-14-8-6-5-7-9-14/h5-9,13H,10-12H2,1-4H3,(H,19,22)(H,20,23)/t13-/m0/s1. The fraction of sp³-hybridized carbons (Fsp3) is 0.500. The second kappa shape index (κ2) is 10.3. The zero-order valence-corrected chi connectivity index (χ0v) is 15.5. The van der Waals surface area contributed by atoms with Crippen molar-refractivity contribution in [1.29, 1.82) is 0 Å². The lowest BCUT2D eigenvalue weighted by Crippen LogP contribution is -2.43. The van der Waals surface area contributed by atoms with Crippen molar-refractivity contribution in [3.05, 3.63) is 35.9 Å². The van der Waals surface area contributed by atoms with Crippen LogP contribution in [0.4, 0.5) is 9.59 Å². The summed E-state index contributed by atoms with van der Waals surface area (Å²) in [6.07, 6.45) is -1.31. The van der Waals surface area contributed by atoms with Gasteiger partial charge >= 0.3 is 18.2 Å². The van der Waals surface area contributed by atoms with Gasteiger partial charge in [0.2, 0.25) is 0 Å². The van der Waals surface area contributed by atoms with Crippen molar-refractivity contribution in [2.45, 2.75) is 45.9 Å². The second-order valence-corrected chi connectivity index (χ2v) is 6.52. The third-order valence-corrected chi connectivity index (χ3v) is 2.92. The van der Waals surface area contributed by atoms with Gasteiger partial charge in [-0.1, -0.05) is 30.3 Å². The van der Waals surface area contributed by atoms with E-state index in [1.54, 1.807) is 20.8 Å². The molecular formula is C18H26N2O6. The highest BCUT2D eigenvalue weighted by Gasteiger charge is 2.21. The van der Waals surface area contributed by atoms with Crippen molar-refractivity contribution < 1.29 is 28.6 Å². The Labute approximate surface area is 153 Å². The third-order valence-electron chi connectivity index (χ3n) is 2.92. The first kappa shape index (κ1) is 21.3. The number of rotatable bonds is 7. The third kappa shape index (κ3) is 9.51. The summed E-state index contributed by atoms with van der Waals surface area (Å²) in [4.78, 5) is 34.9. The van der Waals surface area contributed by atoms with E-state index in [2.05, 4.69) is 10.6 Å². The Kier molecular flexibility index (Phi) is 8.41. The predicted molar refractivity (Wildman–Crippen MR) is 94.4 cm³/mol. The van der Waals surface area contributed by atoms with Gasteiger partial charge in [0.05, 0.1) is 6.54 Å². The highest BCUT2D eigenvalue weighted by molar-refractivity contribution is 5.81. The molecular weight excluding hydrogens is 340 g/mol. The Morgan fingerprint density at radius 1 is 1.04 bits per heavy atom. The zero-order valence-electron chi connectivity index (χ0n) is 15.5. The van der Waals surface area contributed by atoms with Gasteiger partial charge in [-0.3, -0.25) is 0 Å². The van der Waals surface area contributed by atoms with Gasteiger partial charge in [-0.15, -0.1) is 0 Å². The molecule has 1 aromatic rings. The number of esters is 1. The van der Waals surface area contributed by atoms with Crippen molar-refractivity contribution in [3.8, 4) is 0 Å². The fourth-order valence-corrected chi connectivity index (χ4v) is 1.75. The summed E-state index contributed by atoms with van der Waals surface area (Å²) in [5, 5.41) is 4.85. The molecule has 8 heteroatoms. The number of carbonyl (C=O) groups excluding carboxylic acids is 3. The van der Waals surface area contributed by atoms with E-state index in [1.165, 1.54) is 6.92 Å². The molecule has 1 aromatic carbocycles. The molecule has 0 aliphatic heterocycles. The number of amides is 2. The maximum atomic E-state index is 11.8. The van der Waals surface area contributed by atoms with E-state index in [1.807, 2.05) is 30.3 Å². The van der Waals surface area contributed by atoms with Gasteiger partial charge < -0.3 is 24.8 Å². The van der Waals surface area contributed by atoms with Crippen LogP contribution < -0.4 is 10.6 Å². The van der Waals surface area contributed by atoms with E-state index < -0.39 is 29.8 Å². The Hall–Kier alpha value is -2.77. The number of benzene rings is 1. The second-order valence-electron chi connectivity index (χ2n) is 6.52. The molecule has 8 nitrogen and oxygen atoms in total. The Morgan fingerprint density at radius 2 is 1.69 bits per heavy atom. The summed E-state index contributed by atoms with van der Waals surface area (Å²) in [5.74, 6) is -0.629. The quantitative estimate of drug-likeness (QED) is 0.436. The van der Waals surface area contributed by atoms with Gasteiger partial charge in [-0.25, -0.2) is 14.4 Å². The first-order valence-corrected chi connectivity index (χ1v) is 8.28. The van der Waals surface area contributed by atoms with Crippen molar-refractivity contribution in [3.63, 3.8) is 0 Å². The van der Waals surface area contributed by atoms with E-state index in [0.717, 1.165) is 5.56 Å². The first-order valence-electron chi connectivity index (χ1n) is 8.28. The van der Waals surface area contributed by atoms with Gasteiger partial charge in [0.15, 0.2) is 0 Å². The van der Waals surface area contributed by atoms with Crippen molar-refractivity contribution >= 4 is 18.2 Å². The Morgan fingerprint density at radius 3 is 2.31 bits per heavy atom. The van der Waals surface area contributed by atoms with Crippen LogP contribution in [0.1, 0.15) is 33.3 Å². The van der Waals surface area contributed by atoms with Crippen LogP contribution in [0.25, 0.3) is 0 Å². The minimum Gasteiger partial charge on any atom is -0.462 e. The highest BCUT2D eigenvalue weighted by Crippen LogP contribution is 2.06. The topological polar surface area (TPSA) is 103 Å². The van der Waals surface area contributed by atoms with Crippen LogP contribution in [0.2, 0.25) is 0 Å². The molecule has 144 valence electrons. The molecule has 1 rings (SSSR count). The van der Waals surface area contributed by atoms with Gasteiger partial charge in [0.1, 0.15) is 24.9 Å². The summed E-state index contributed by atoms with van der Waals surface area (Å²) < 4.78 is 15.0. The van der Waals surface area contributed by atoms with Crippen LogP contribution in [0, 0.1) is 0 Å². The largest absolute Gasteiger partial charge is 0.462 e. The minimum atomic E-state index is -0.866. The Balaban J connectivity index is 2.16. The lowest BCUT2D eigenvalue weighted by molar-refractivity contribution is -0.145. The lowest BCUT2D eigenvalue weighted by Gasteiger charge is -2.21. The molecule has 0 saturated carbocycles. The van der Waals surface area contributed by atoms with E-state index in [9.17, 15) is 14.4 Å². The van der Waals surface area contributed by atoms with Gasteiger partial charge in [-0.05, 0) is 33.3 Å². The summed E-state index contributed by atoms with van der Waals surface area (Å²) in [6, 6.07) is 8.39. The average molecular weight is 366 g/mol. The SMILES string of the molecule is C[C@H](NC(=O)OC(C)(C)C)C(=O)OCCNC(=O)OCc1ccccc1.